The normalized spacial score (nSPS) is 11.1. The Balaban J connectivity index is 2.44. The maximum Gasteiger partial charge on any atom is 0.339 e. The molecule has 8 heteroatoms. The van der Waals surface area contributed by atoms with Crippen LogP contribution in [0.4, 0.5) is 0 Å². The third-order valence-corrected chi connectivity index (χ3v) is 3.99. The number of carbonyl (C=O) groups is 1. The Labute approximate surface area is 129 Å². The zero-order valence-corrected chi connectivity index (χ0v) is 12.9. The minimum absolute atomic E-state index is 0.0252. The largest absolute Gasteiger partial charge is 0.478 e. The molecule has 110 valence electrons. The van der Waals surface area contributed by atoms with E-state index in [0.29, 0.717) is 5.75 Å². The molecule has 0 fully saturated rings. The van der Waals surface area contributed by atoms with Crippen LogP contribution in [0.1, 0.15) is 10.4 Å². The second-order valence-corrected chi connectivity index (χ2v) is 6.54. The van der Waals surface area contributed by atoms with E-state index in [2.05, 4.69) is 15.9 Å². The highest BCUT2D eigenvalue weighted by molar-refractivity contribution is 9.10. The van der Waals surface area contributed by atoms with Crippen LogP contribution in [-0.2, 0) is 10.0 Å². The van der Waals surface area contributed by atoms with Gasteiger partial charge in [0.1, 0.15) is 17.1 Å². The minimum Gasteiger partial charge on any atom is -0.478 e. The van der Waals surface area contributed by atoms with Gasteiger partial charge in [-0.05, 0) is 42.5 Å². The van der Waals surface area contributed by atoms with E-state index in [1.807, 2.05) is 0 Å². The summed E-state index contributed by atoms with van der Waals surface area (Å²) in [7, 11) is -3.98. The van der Waals surface area contributed by atoms with E-state index in [1.54, 1.807) is 24.3 Å². The molecule has 3 N–H and O–H groups in total. The van der Waals surface area contributed by atoms with Gasteiger partial charge in [0.15, 0.2) is 0 Å². The van der Waals surface area contributed by atoms with Gasteiger partial charge in [0.25, 0.3) is 0 Å². The van der Waals surface area contributed by atoms with Gasteiger partial charge in [0.2, 0.25) is 10.0 Å². The quantitative estimate of drug-likeness (QED) is 0.858. The first-order chi connectivity index (χ1) is 9.77. The SMILES string of the molecule is NS(=O)(=O)c1ccc(Oc2ccc(Br)cc2)c(C(=O)O)c1. The van der Waals surface area contributed by atoms with Crippen LogP contribution in [0.3, 0.4) is 0 Å². The van der Waals surface area contributed by atoms with Gasteiger partial charge < -0.3 is 9.84 Å². The van der Waals surface area contributed by atoms with E-state index >= 15 is 0 Å². The lowest BCUT2D eigenvalue weighted by Gasteiger charge is -2.10. The molecule has 21 heavy (non-hydrogen) atoms. The van der Waals surface area contributed by atoms with Gasteiger partial charge in [-0.15, -0.1) is 0 Å². The standard InChI is InChI=1S/C13H10BrNO5S/c14-8-1-3-9(4-2-8)20-12-6-5-10(21(15,18)19)7-11(12)13(16)17/h1-7H,(H,16,17)(H2,15,18,19). The average molecular weight is 372 g/mol. The number of rotatable bonds is 4. The Kier molecular flexibility index (Phi) is 4.31. The lowest BCUT2D eigenvalue weighted by molar-refractivity contribution is 0.0694. The molecule has 0 atom stereocenters. The third kappa shape index (κ3) is 3.81. The second kappa shape index (κ2) is 5.84. The zero-order chi connectivity index (χ0) is 15.6. The van der Waals surface area contributed by atoms with Crippen molar-refractivity contribution < 1.29 is 23.1 Å². The minimum atomic E-state index is -3.98. The van der Waals surface area contributed by atoms with Crippen LogP contribution < -0.4 is 9.88 Å². The molecule has 6 nitrogen and oxygen atoms in total. The van der Waals surface area contributed by atoms with Gasteiger partial charge in [0, 0.05) is 4.47 Å². The maximum absolute atomic E-state index is 11.3. The van der Waals surface area contributed by atoms with Gasteiger partial charge in [-0.2, -0.15) is 0 Å². The molecule has 2 rings (SSSR count). The number of hydrogen-bond donors (Lipinski definition) is 2. The molecule has 0 spiro atoms. The van der Waals surface area contributed by atoms with Crippen molar-refractivity contribution in [2.45, 2.75) is 4.90 Å². The molecule has 0 aliphatic rings. The van der Waals surface area contributed by atoms with E-state index in [0.717, 1.165) is 10.5 Å². The summed E-state index contributed by atoms with van der Waals surface area (Å²) in [5.41, 5.74) is -0.288. The Hall–Kier alpha value is -1.90. The van der Waals surface area contributed by atoms with Crippen molar-refractivity contribution in [1.82, 2.24) is 0 Å². The summed E-state index contributed by atoms with van der Waals surface area (Å²) in [4.78, 5) is 10.9. The van der Waals surface area contributed by atoms with Crippen LogP contribution in [-0.4, -0.2) is 19.5 Å². The van der Waals surface area contributed by atoms with E-state index in [-0.39, 0.29) is 16.2 Å². The number of carboxylic acid groups (broad SMARTS) is 1. The predicted octanol–water partition coefficient (Wildman–Crippen LogP) is 2.59. The summed E-state index contributed by atoms with van der Waals surface area (Å²) >= 11 is 3.27. The van der Waals surface area contributed by atoms with E-state index < -0.39 is 16.0 Å². The van der Waals surface area contributed by atoms with Crippen molar-refractivity contribution in [3.63, 3.8) is 0 Å². The summed E-state index contributed by atoms with van der Waals surface area (Å²) in [6, 6.07) is 10.2. The molecule has 0 heterocycles. The molecule has 0 saturated heterocycles. The van der Waals surface area contributed by atoms with Crippen LogP contribution in [0.5, 0.6) is 11.5 Å². The molecule has 0 amide bonds. The van der Waals surface area contributed by atoms with E-state index in [9.17, 15) is 13.2 Å². The van der Waals surface area contributed by atoms with E-state index in [1.165, 1.54) is 12.1 Å². The number of nitrogens with two attached hydrogens (primary N) is 1. The predicted molar refractivity (Wildman–Crippen MR) is 79.0 cm³/mol. The fourth-order valence-corrected chi connectivity index (χ4v) is 2.38. The zero-order valence-electron chi connectivity index (χ0n) is 10.5. The molecule has 0 radical (unpaired) electrons. The highest BCUT2D eigenvalue weighted by Gasteiger charge is 2.17. The first-order valence-corrected chi connectivity index (χ1v) is 7.95. The summed E-state index contributed by atoms with van der Waals surface area (Å²) in [5.74, 6) is -0.867. The number of aromatic carboxylic acids is 1. The Morgan fingerprint density at radius 1 is 1.14 bits per heavy atom. The Morgan fingerprint density at radius 3 is 2.29 bits per heavy atom. The molecular weight excluding hydrogens is 362 g/mol. The number of hydrogen-bond acceptors (Lipinski definition) is 4. The molecule has 0 aromatic heterocycles. The Bertz CT molecular complexity index is 787. The van der Waals surface area contributed by atoms with Gasteiger partial charge in [-0.1, -0.05) is 15.9 Å². The van der Waals surface area contributed by atoms with Gasteiger partial charge in [-0.25, -0.2) is 18.4 Å². The van der Waals surface area contributed by atoms with Crippen molar-refractivity contribution >= 4 is 31.9 Å². The lowest BCUT2D eigenvalue weighted by Crippen LogP contribution is -2.13. The average Bonchev–Trinajstić information content (AvgIpc) is 2.40. The lowest BCUT2D eigenvalue weighted by atomic mass is 10.2. The number of benzene rings is 2. The van der Waals surface area contributed by atoms with Crippen LogP contribution in [0.2, 0.25) is 0 Å². The summed E-state index contributed by atoms with van der Waals surface area (Å²) in [6.07, 6.45) is 0. The highest BCUT2D eigenvalue weighted by atomic mass is 79.9. The number of ether oxygens (including phenoxy) is 1. The molecule has 0 bridgehead atoms. The van der Waals surface area contributed by atoms with Gasteiger partial charge in [0.05, 0.1) is 4.90 Å². The molecule has 0 aliphatic heterocycles. The smallest absolute Gasteiger partial charge is 0.339 e. The van der Waals surface area contributed by atoms with Gasteiger partial charge >= 0.3 is 5.97 Å². The van der Waals surface area contributed by atoms with E-state index in [4.69, 9.17) is 15.0 Å². The van der Waals surface area contributed by atoms with Crippen molar-refractivity contribution in [1.29, 1.82) is 0 Å². The van der Waals surface area contributed by atoms with Crippen molar-refractivity contribution in [2.24, 2.45) is 5.14 Å². The number of halogens is 1. The monoisotopic (exact) mass is 371 g/mol. The topological polar surface area (TPSA) is 107 Å². The molecular formula is C13H10BrNO5S. The summed E-state index contributed by atoms with van der Waals surface area (Å²) in [5, 5.41) is 14.1. The second-order valence-electron chi connectivity index (χ2n) is 4.06. The molecule has 2 aromatic rings. The number of sulfonamides is 1. The summed E-state index contributed by atoms with van der Waals surface area (Å²) in [6.45, 7) is 0. The van der Waals surface area contributed by atoms with Crippen LogP contribution in [0.25, 0.3) is 0 Å². The fraction of sp³-hybridized carbons (Fsp3) is 0. The first-order valence-electron chi connectivity index (χ1n) is 5.61. The number of primary sulfonamides is 1. The Morgan fingerprint density at radius 2 is 1.76 bits per heavy atom. The fourth-order valence-electron chi connectivity index (χ4n) is 1.57. The van der Waals surface area contributed by atoms with Crippen LogP contribution >= 0.6 is 15.9 Å². The third-order valence-electron chi connectivity index (χ3n) is 2.55. The molecule has 2 aromatic carbocycles. The molecule has 0 aliphatic carbocycles. The van der Waals surface area contributed by atoms with Crippen LogP contribution in [0.15, 0.2) is 51.8 Å². The first kappa shape index (κ1) is 15.5. The van der Waals surface area contributed by atoms with Crippen molar-refractivity contribution in [3.05, 3.63) is 52.5 Å². The van der Waals surface area contributed by atoms with Crippen molar-refractivity contribution in [3.8, 4) is 11.5 Å². The molecule has 0 unspecified atom stereocenters. The maximum atomic E-state index is 11.3. The summed E-state index contributed by atoms with van der Waals surface area (Å²) < 4.78 is 28.8. The molecule has 0 saturated carbocycles. The number of carboxylic acids is 1. The highest BCUT2D eigenvalue weighted by Crippen LogP contribution is 2.28. The van der Waals surface area contributed by atoms with Crippen LogP contribution in [0, 0.1) is 0 Å². The van der Waals surface area contributed by atoms with Crippen molar-refractivity contribution in [2.75, 3.05) is 0 Å². The van der Waals surface area contributed by atoms with Gasteiger partial charge in [-0.3, -0.25) is 0 Å².